The highest BCUT2D eigenvalue weighted by molar-refractivity contribution is 9.10. The molecule has 3 heteroatoms. The van der Waals surface area contributed by atoms with E-state index in [1.54, 1.807) is 7.11 Å². The monoisotopic (exact) mass is 299 g/mol. The average molecular weight is 300 g/mol. The molecule has 0 bridgehead atoms. The molecule has 0 aliphatic rings. The molecule has 0 aliphatic carbocycles. The number of ether oxygens (including phenoxy) is 1. The number of nitrogens with one attached hydrogen (secondary N) is 1. The van der Waals surface area contributed by atoms with Crippen molar-refractivity contribution in [3.8, 4) is 5.75 Å². The van der Waals surface area contributed by atoms with Crippen molar-refractivity contribution < 1.29 is 4.74 Å². The third kappa shape index (κ3) is 3.71. The van der Waals surface area contributed by atoms with E-state index in [0.29, 0.717) is 6.04 Å². The predicted molar refractivity (Wildman–Crippen MR) is 76.6 cm³/mol. The summed E-state index contributed by atoms with van der Waals surface area (Å²) in [6.07, 6.45) is 0. The van der Waals surface area contributed by atoms with Crippen LogP contribution < -0.4 is 10.1 Å². The Balaban J connectivity index is 3.10. The zero-order chi connectivity index (χ0) is 13.1. The molecule has 1 aromatic carbocycles. The van der Waals surface area contributed by atoms with Crippen LogP contribution in [-0.4, -0.2) is 13.7 Å². The highest BCUT2D eigenvalue weighted by atomic mass is 79.9. The van der Waals surface area contributed by atoms with Gasteiger partial charge in [0.2, 0.25) is 0 Å². The summed E-state index contributed by atoms with van der Waals surface area (Å²) in [5, 5.41) is 3.55. The Morgan fingerprint density at radius 1 is 1.35 bits per heavy atom. The number of halogens is 1. The molecule has 0 spiro atoms. The molecule has 0 fully saturated rings. The Hall–Kier alpha value is -0.540. The van der Waals surface area contributed by atoms with Crippen LogP contribution in [0, 0.1) is 5.41 Å². The fourth-order valence-electron chi connectivity index (χ4n) is 1.96. The summed E-state index contributed by atoms with van der Waals surface area (Å²) in [4.78, 5) is 0. The molecular weight excluding hydrogens is 278 g/mol. The van der Waals surface area contributed by atoms with E-state index in [0.717, 1.165) is 16.8 Å². The third-order valence-electron chi connectivity index (χ3n) is 2.79. The first kappa shape index (κ1) is 14.5. The number of hydrogen-bond acceptors (Lipinski definition) is 2. The molecule has 1 unspecified atom stereocenters. The van der Waals surface area contributed by atoms with Gasteiger partial charge in [0.15, 0.2) is 0 Å². The minimum atomic E-state index is 0.174. The number of benzene rings is 1. The Bertz CT molecular complexity index is 371. The second kappa shape index (κ2) is 5.87. The molecule has 1 aromatic rings. The van der Waals surface area contributed by atoms with Crippen molar-refractivity contribution in [3.05, 3.63) is 28.2 Å². The van der Waals surface area contributed by atoms with Gasteiger partial charge in [0.1, 0.15) is 5.75 Å². The van der Waals surface area contributed by atoms with Crippen LogP contribution in [0.25, 0.3) is 0 Å². The molecule has 96 valence electrons. The number of hydrogen-bond donors (Lipinski definition) is 1. The first-order valence-corrected chi connectivity index (χ1v) is 6.76. The third-order valence-corrected chi connectivity index (χ3v) is 3.48. The molecule has 1 rings (SSSR count). The Labute approximate surface area is 113 Å². The highest BCUT2D eigenvalue weighted by Crippen LogP contribution is 2.37. The zero-order valence-corrected chi connectivity index (χ0v) is 12.9. The van der Waals surface area contributed by atoms with E-state index in [4.69, 9.17) is 4.74 Å². The van der Waals surface area contributed by atoms with Crippen LogP contribution in [0.15, 0.2) is 22.7 Å². The summed E-state index contributed by atoms with van der Waals surface area (Å²) >= 11 is 3.63. The van der Waals surface area contributed by atoms with E-state index in [1.807, 2.05) is 12.1 Å². The zero-order valence-electron chi connectivity index (χ0n) is 11.3. The fourth-order valence-corrected chi connectivity index (χ4v) is 2.54. The maximum Gasteiger partial charge on any atom is 0.120 e. The standard InChI is InChI=1S/C14H22BrNO/c1-6-16-13(14(2,3)4)11-8-7-10(17-5)9-12(11)15/h7-9,13,16H,6H2,1-5H3. The van der Waals surface area contributed by atoms with E-state index >= 15 is 0 Å². The van der Waals surface area contributed by atoms with Crippen LogP contribution >= 0.6 is 15.9 Å². The van der Waals surface area contributed by atoms with Gasteiger partial charge in [-0.1, -0.05) is 49.7 Å². The molecule has 1 atom stereocenters. The lowest BCUT2D eigenvalue weighted by Crippen LogP contribution is -2.32. The maximum absolute atomic E-state index is 5.22. The molecule has 0 heterocycles. The molecule has 0 saturated heterocycles. The Morgan fingerprint density at radius 2 is 2.00 bits per heavy atom. The molecule has 1 N–H and O–H groups in total. The second-order valence-corrected chi connectivity index (χ2v) is 6.10. The van der Waals surface area contributed by atoms with Gasteiger partial charge in [-0.05, 0) is 29.7 Å². The number of rotatable bonds is 4. The minimum Gasteiger partial charge on any atom is -0.497 e. The SMILES string of the molecule is CCNC(c1ccc(OC)cc1Br)C(C)(C)C. The number of methoxy groups -OCH3 is 1. The quantitative estimate of drug-likeness (QED) is 0.901. The summed E-state index contributed by atoms with van der Waals surface area (Å²) in [6.45, 7) is 9.83. The van der Waals surface area contributed by atoms with E-state index in [9.17, 15) is 0 Å². The second-order valence-electron chi connectivity index (χ2n) is 5.24. The fraction of sp³-hybridized carbons (Fsp3) is 0.571. The maximum atomic E-state index is 5.22. The van der Waals surface area contributed by atoms with Gasteiger partial charge < -0.3 is 10.1 Å². The van der Waals surface area contributed by atoms with Crippen molar-refractivity contribution in [1.82, 2.24) is 5.32 Å². The van der Waals surface area contributed by atoms with E-state index in [2.05, 4.69) is 55.0 Å². The van der Waals surface area contributed by atoms with Crippen molar-refractivity contribution in [2.45, 2.75) is 33.7 Å². The summed E-state index contributed by atoms with van der Waals surface area (Å²) in [7, 11) is 1.69. The first-order valence-electron chi connectivity index (χ1n) is 5.97. The normalized spacial score (nSPS) is 13.5. The lowest BCUT2D eigenvalue weighted by atomic mass is 9.82. The van der Waals surface area contributed by atoms with Crippen LogP contribution in [0.5, 0.6) is 5.75 Å². The highest BCUT2D eigenvalue weighted by Gasteiger charge is 2.26. The Morgan fingerprint density at radius 3 is 2.41 bits per heavy atom. The van der Waals surface area contributed by atoms with E-state index in [-0.39, 0.29) is 5.41 Å². The van der Waals surface area contributed by atoms with Gasteiger partial charge in [0.25, 0.3) is 0 Å². The van der Waals surface area contributed by atoms with Crippen LogP contribution in [0.1, 0.15) is 39.3 Å². The topological polar surface area (TPSA) is 21.3 Å². The molecular formula is C14H22BrNO. The Kier molecular flexibility index (Phi) is 5.02. The summed E-state index contributed by atoms with van der Waals surface area (Å²) in [6, 6.07) is 6.48. The largest absolute Gasteiger partial charge is 0.497 e. The first-order chi connectivity index (χ1) is 7.90. The summed E-state index contributed by atoms with van der Waals surface area (Å²) < 4.78 is 6.32. The van der Waals surface area contributed by atoms with Crippen molar-refractivity contribution >= 4 is 15.9 Å². The molecule has 17 heavy (non-hydrogen) atoms. The van der Waals surface area contributed by atoms with Crippen molar-refractivity contribution in [1.29, 1.82) is 0 Å². The van der Waals surface area contributed by atoms with Crippen molar-refractivity contribution in [3.63, 3.8) is 0 Å². The summed E-state index contributed by atoms with van der Waals surface area (Å²) in [5.41, 5.74) is 1.45. The molecule has 0 amide bonds. The van der Waals surface area contributed by atoms with Crippen LogP contribution in [0.3, 0.4) is 0 Å². The predicted octanol–water partition coefficient (Wildman–Crippen LogP) is 4.15. The van der Waals surface area contributed by atoms with Gasteiger partial charge in [0.05, 0.1) is 7.11 Å². The van der Waals surface area contributed by atoms with Crippen LogP contribution in [0.4, 0.5) is 0 Å². The minimum absolute atomic E-state index is 0.174. The molecule has 0 radical (unpaired) electrons. The molecule has 0 aliphatic heterocycles. The van der Waals surface area contributed by atoms with Gasteiger partial charge in [-0.2, -0.15) is 0 Å². The van der Waals surface area contributed by atoms with Gasteiger partial charge >= 0.3 is 0 Å². The average Bonchev–Trinajstić information content (AvgIpc) is 2.25. The molecule has 0 saturated carbocycles. The molecule has 0 aromatic heterocycles. The van der Waals surface area contributed by atoms with Gasteiger partial charge in [-0.25, -0.2) is 0 Å². The summed E-state index contributed by atoms with van der Waals surface area (Å²) in [5.74, 6) is 0.879. The van der Waals surface area contributed by atoms with E-state index < -0.39 is 0 Å². The van der Waals surface area contributed by atoms with Gasteiger partial charge in [-0.15, -0.1) is 0 Å². The van der Waals surface area contributed by atoms with Gasteiger partial charge in [-0.3, -0.25) is 0 Å². The molecule has 2 nitrogen and oxygen atoms in total. The van der Waals surface area contributed by atoms with Crippen LogP contribution in [-0.2, 0) is 0 Å². The van der Waals surface area contributed by atoms with E-state index in [1.165, 1.54) is 5.56 Å². The van der Waals surface area contributed by atoms with Crippen molar-refractivity contribution in [2.75, 3.05) is 13.7 Å². The van der Waals surface area contributed by atoms with Gasteiger partial charge in [0, 0.05) is 10.5 Å². The lowest BCUT2D eigenvalue weighted by Gasteiger charge is -2.32. The van der Waals surface area contributed by atoms with Crippen LogP contribution in [0.2, 0.25) is 0 Å². The smallest absolute Gasteiger partial charge is 0.120 e. The lowest BCUT2D eigenvalue weighted by molar-refractivity contribution is 0.275. The van der Waals surface area contributed by atoms with Crippen molar-refractivity contribution in [2.24, 2.45) is 5.41 Å².